The summed E-state index contributed by atoms with van der Waals surface area (Å²) >= 11 is 3.38. The fourth-order valence-electron chi connectivity index (χ4n) is 3.10. The molecule has 0 bridgehead atoms. The quantitative estimate of drug-likeness (QED) is 0.744. The minimum Gasteiger partial charge on any atom is -0.306 e. The van der Waals surface area contributed by atoms with E-state index in [2.05, 4.69) is 20.8 Å². The third-order valence-corrected chi connectivity index (χ3v) is 6.86. The highest BCUT2D eigenvalue weighted by atomic mass is 79.9. The summed E-state index contributed by atoms with van der Waals surface area (Å²) < 4.78 is 42.5. The Morgan fingerprint density at radius 3 is 2.36 bits per heavy atom. The van der Waals surface area contributed by atoms with E-state index in [-0.39, 0.29) is 10.9 Å². The van der Waals surface area contributed by atoms with E-state index in [4.69, 9.17) is 0 Å². The largest absolute Gasteiger partial charge is 0.306 e. The van der Waals surface area contributed by atoms with Crippen molar-refractivity contribution in [2.75, 3.05) is 24.4 Å². The smallest absolute Gasteiger partial charge is 0.264 e. The number of hydrogen-bond donors (Lipinski definition) is 0. The Morgan fingerprint density at radius 2 is 1.76 bits per heavy atom. The first-order chi connectivity index (χ1) is 11.9. The molecule has 4 nitrogen and oxygen atoms in total. The molecule has 0 aromatic heterocycles. The highest BCUT2D eigenvalue weighted by Gasteiger charge is 2.33. The molecule has 1 heterocycles. The molecule has 0 saturated carbocycles. The predicted octanol–water partition coefficient (Wildman–Crippen LogP) is 3.88. The van der Waals surface area contributed by atoms with Crippen LogP contribution in [0.3, 0.4) is 0 Å². The fraction of sp³-hybridized carbons (Fsp3) is 0.333. The lowest BCUT2D eigenvalue weighted by molar-refractivity contribution is 0.257. The zero-order valence-corrected chi connectivity index (χ0v) is 16.3. The van der Waals surface area contributed by atoms with Crippen molar-refractivity contribution in [1.29, 1.82) is 0 Å². The Morgan fingerprint density at radius 1 is 1.12 bits per heavy atom. The van der Waals surface area contributed by atoms with Crippen molar-refractivity contribution >= 4 is 31.6 Å². The van der Waals surface area contributed by atoms with Gasteiger partial charge < -0.3 is 4.90 Å². The molecule has 0 radical (unpaired) electrons. The van der Waals surface area contributed by atoms with Crippen molar-refractivity contribution in [1.82, 2.24) is 4.90 Å². The Balaban J connectivity index is 2.05. The normalized spacial score (nSPS) is 16.8. The lowest BCUT2D eigenvalue weighted by atomic mass is 10.1. The number of nitrogens with zero attached hydrogens (tertiary/aromatic N) is 2. The Kier molecular flexibility index (Phi) is 5.46. The lowest BCUT2D eigenvalue weighted by Crippen LogP contribution is -2.46. The van der Waals surface area contributed by atoms with Crippen LogP contribution in [0.15, 0.2) is 57.9 Å². The zero-order chi connectivity index (χ0) is 18.0. The molecule has 2 aromatic carbocycles. The van der Waals surface area contributed by atoms with Crippen LogP contribution >= 0.6 is 15.9 Å². The monoisotopic (exact) mass is 426 g/mol. The van der Waals surface area contributed by atoms with E-state index in [0.717, 1.165) is 36.5 Å². The highest BCUT2D eigenvalue weighted by Crippen LogP contribution is 2.31. The van der Waals surface area contributed by atoms with Crippen molar-refractivity contribution in [2.45, 2.75) is 23.8 Å². The summed E-state index contributed by atoms with van der Waals surface area (Å²) in [6, 6.07) is 12.2. The number of hydrogen-bond acceptors (Lipinski definition) is 3. The van der Waals surface area contributed by atoms with E-state index in [1.54, 1.807) is 12.1 Å². The molecular weight excluding hydrogens is 407 g/mol. The Labute approximate surface area is 156 Å². The van der Waals surface area contributed by atoms with Crippen LogP contribution in [0.1, 0.15) is 12.8 Å². The zero-order valence-electron chi connectivity index (χ0n) is 13.9. The van der Waals surface area contributed by atoms with Crippen LogP contribution < -0.4 is 4.31 Å². The highest BCUT2D eigenvalue weighted by molar-refractivity contribution is 9.10. The summed E-state index contributed by atoms with van der Waals surface area (Å²) in [6.45, 7) is 1.66. The van der Waals surface area contributed by atoms with Crippen LogP contribution in [0.5, 0.6) is 0 Å². The van der Waals surface area contributed by atoms with Gasteiger partial charge >= 0.3 is 0 Å². The molecule has 0 N–H and O–H groups in total. The third kappa shape index (κ3) is 4.04. The molecule has 3 rings (SSSR count). The second kappa shape index (κ2) is 7.43. The van der Waals surface area contributed by atoms with Gasteiger partial charge in [0.1, 0.15) is 5.82 Å². The van der Waals surface area contributed by atoms with E-state index in [9.17, 15) is 12.8 Å². The van der Waals surface area contributed by atoms with Crippen molar-refractivity contribution in [3.8, 4) is 0 Å². The molecule has 1 saturated heterocycles. The average molecular weight is 427 g/mol. The summed E-state index contributed by atoms with van der Waals surface area (Å²) in [4.78, 5) is 2.17. The molecule has 7 heteroatoms. The van der Waals surface area contributed by atoms with E-state index < -0.39 is 15.8 Å². The molecule has 0 amide bonds. The van der Waals surface area contributed by atoms with Gasteiger partial charge in [-0.05, 0) is 75.4 Å². The molecule has 1 aliphatic heterocycles. The first-order valence-electron chi connectivity index (χ1n) is 8.12. The first-order valence-corrected chi connectivity index (χ1v) is 10.4. The van der Waals surface area contributed by atoms with Gasteiger partial charge in [0.05, 0.1) is 10.6 Å². The standard InChI is InChI=1S/C18H20BrFN2O2S/c1-21-11-9-17(10-12-21)22(16-7-5-14(19)6-8-16)25(23,24)18-4-2-3-15(20)13-18/h2-8,13,17H,9-12H2,1H3. The van der Waals surface area contributed by atoms with Crippen LogP contribution in [-0.2, 0) is 10.0 Å². The number of halogens is 2. The van der Waals surface area contributed by atoms with Crippen molar-refractivity contribution < 1.29 is 12.8 Å². The van der Waals surface area contributed by atoms with Gasteiger partial charge in [-0.2, -0.15) is 0 Å². The predicted molar refractivity (Wildman–Crippen MR) is 101 cm³/mol. The summed E-state index contributed by atoms with van der Waals surface area (Å²) in [5, 5.41) is 0. The Bertz CT molecular complexity index is 834. The molecule has 1 fully saturated rings. The van der Waals surface area contributed by atoms with Gasteiger partial charge in [0, 0.05) is 10.5 Å². The van der Waals surface area contributed by atoms with Gasteiger partial charge in [-0.1, -0.05) is 22.0 Å². The van der Waals surface area contributed by atoms with Crippen LogP contribution in [0.2, 0.25) is 0 Å². The van der Waals surface area contributed by atoms with Crippen molar-refractivity contribution in [3.63, 3.8) is 0 Å². The molecule has 0 aliphatic carbocycles. The Hall–Kier alpha value is -1.44. The van der Waals surface area contributed by atoms with Crippen molar-refractivity contribution in [3.05, 3.63) is 58.8 Å². The maximum absolute atomic E-state index is 13.6. The molecule has 0 spiro atoms. The lowest BCUT2D eigenvalue weighted by Gasteiger charge is -2.37. The fourth-order valence-corrected chi connectivity index (χ4v) is 5.11. The maximum atomic E-state index is 13.6. The van der Waals surface area contributed by atoms with Gasteiger partial charge in [-0.25, -0.2) is 12.8 Å². The summed E-state index contributed by atoms with van der Waals surface area (Å²) in [5.74, 6) is -0.555. The second-order valence-corrected chi connectivity index (χ2v) is 9.00. The number of anilines is 1. The van der Waals surface area contributed by atoms with Crippen LogP contribution in [0.25, 0.3) is 0 Å². The average Bonchev–Trinajstić information content (AvgIpc) is 2.58. The number of rotatable bonds is 4. The van der Waals surface area contributed by atoms with Gasteiger partial charge in [0.15, 0.2) is 0 Å². The maximum Gasteiger partial charge on any atom is 0.264 e. The number of sulfonamides is 1. The van der Waals surface area contributed by atoms with Crippen LogP contribution in [-0.4, -0.2) is 39.5 Å². The van der Waals surface area contributed by atoms with Crippen molar-refractivity contribution in [2.24, 2.45) is 0 Å². The third-order valence-electron chi connectivity index (χ3n) is 4.45. The SMILES string of the molecule is CN1CCC(N(c2ccc(Br)cc2)S(=O)(=O)c2cccc(F)c2)CC1. The topological polar surface area (TPSA) is 40.6 Å². The first kappa shape index (κ1) is 18.4. The minimum atomic E-state index is -3.85. The molecule has 0 unspecified atom stereocenters. The van der Waals surface area contributed by atoms with Gasteiger partial charge in [-0.15, -0.1) is 0 Å². The second-order valence-electron chi connectivity index (χ2n) is 6.27. The molecule has 1 aliphatic rings. The molecule has 134 valence electrons. The molecule has 25 heavy (non-hydrogen) atoms. The van der Waals surface area contributed by atoms with Crippen LogP contribution in [0, 0.1) is 5.82 Å². The molecular formula is C18H20BrFN2O2S. The molecule has 0 atom stereocenters. The van der Waals surface area contributed by atoms with Gasteiger partial charge in [-0.3, -0.25) is 4.31 Å². The summed E-state index contributed by atoms with van der Waals surface area (Å²) in [5.41, 5.74) is 0.599. The number of piperidine rings is 1. The summed E-state index contributed by atoms with van der Waals surface area (Å²) in [6.07, 6.45) is 1.47. The van der Waals surface area contributed by atoms with Gasteiger partial charge in [0.2, 0.25) is 0 Å². The summed E-state index contributed by atoms with van der Waals surface area (Å²) in [7, 11) is -1.82. The van der Waals surface area contributed by atoms with E-state index in [0.29, 0.717) is 5.69 Å². The number of likely N-dealkylation sites (tertiary alicyclic amines) is 1. The minimum absolute atomic E-state index is 0.0191. The van der Waals surface area contributed by atoms with E-state index >= 15 is 0 Å². The van der Waals surface area contributed by atoms with E-state index in [1.165, 1.54) is 22.5 Å². The van der Waals surface area contributed by atoms with Crippen LogP contribution in [0.4, 0.5) is 10.1 Å². The van der Waals surface area contributed by atoms with E-state index in [1.807, 2.05) is 19.2 Å². The molecule has 2 aromatic rings. The van der Waals surface area contributed by atoms with Gasteiger partial charge in [0.25, 0.3) is 10.0 Å². The number of benzene rings is 2.